The Balaban J connectivity index is 1.57. The van der Waals surface area contributed by atoms with Gasteiger partial charge in [0.2, 0.25) is 0 Å². The van der Waals surface area contributed by atoms with Gasteiger partial charge in [-0.25, -0.2) is 0 Å². The molecule has 9 atom stereocenters. The lowest BCUT2D eigenvalue weighted by Crippen LogP contribution is -2.41. The molecule has 1 nitrogen and oxygen atoms in total. The molecule has 0 aromatic heterocycles. The Hall–Kier alpha value is -0.820. The van der Waals surface area contributed by atoms with Crippen molar-refractivity contribution in [3.05, 3.63) is 37.0 Å². The Morgan fingerprint density at radius 2 is 1.50 bits per heavy atom. The summed E-state index contributed by atoms with van der Waals surface area (Å²) in [6.07, 6.45) is 31.4. The molecular formula is C41H74O. The van der Waals surface area contributed by atoms with Crippen LogP contribution in [0, 0.1) is 58.2 Å². The van der Waals surface area contributed by atoms with Crippen molar-refractivity contribution in [2.75, 3.05) is 0 Å². The fourth-order valence-corrected chi connectivity index (χ4v) is 8.66. The van der Waals surface area contributed by atoms with Gasteiger partial charge in [0, 0.05) is 0 Å². The van der Waals surface area contributed by atoms with Gasteiger partial charge in [-0.1, -0.05) is 138 Å². The van der Waals surface area contributed by atoms with Gasteiger partial charge in [-0.15, -0.1) is 6.58 Å². The molecule has 0 bridgehead atoms. The maximum Gasteiger partial charge on any atom is 0.0568 e. The van der Waals surface area contributed by atoms with Crippen LogP contribution in [0.3, 0.4) is 0 Å². The van der Waals surface area contributed by atoms with Gasteiger partial charge in [-0.05, 0) is 110 Å². The molecule has 244 valence electrons. The van der Waals surface area contributed by atoms with E-state index in [4.69, 9.17) is 0 Å². The number of hydrogen-bond donors (Lipinski definition) is 1. The van der Waals surface area contributed by atoms with Crippen LogP contribution in [0.25, 0.3) is 0 Å². The zero-order valence-electron chi connectivity index (χ0n) is 29.8. The molecule has 2 saturated carbocycles. The number of aliphatic hydroxyl groups is 1. The highest BCUT2D eigenvalue weighted by Crippen LogP contribution is 2.47. The van der Waals surface area contributed by atoms with Crippen molar-refractivity contribution in [2.45, 2.75) is 165 Å². The zero-order chi connectivity index (χ0) is 31.3. The molecule has 2 aliphatic rings. The normalized spacial score (nSPS) is 30.8. The molecule has 0 heterocycles. The van der Waals surface area contributed by atoms with Gasteiger partial charge in [0.1, 0.15) is 0 Å². The van der Waals surface area contributed by atoms with Gasteiger partial charge < -0.3 is 5.11 Å². The van der Waals surface area contributed by atoms with Gasteiger partial charge in [0.15, 0.2) is 0 Å². The van der Waals surface area contributed by atoms with Crippen LogP contribution in [0.4, 0.5) is 0 Å². The van der Waals surface area contributed by atoms with Crippen molar-refractivity contribution in [3.63, 3.8) is 0 Å². The molecule has 9 unspecified atom stereocenters. The molecule has 2 aliphatic carbocycles. The van der Waals surface area contributed by atoms with E-state index in [0.29, 0.717) is 40.4 Å². The first-order valence-corrected chi connectivity index (χ1v) is 18.4. The fraction of sp³-hybridized carbons (Fsp3) is 0.854. The van der Waals surface area contributed by atoms with Gasteiger partial charge in [-0.2, -0.15) is 0 Å². The predicted octanol–water partition coefficient (Wildman–Crippen LogP) is 12.6. The average molecular weight is 583 g/mol. The fourth-order valence-electron chi connectivity index (χ4n) is 8.66. The van der Waals surface area contributed by atoms with Crippen LogP contribution in [0.2, 0.25) is 0 Å². The minimum atomic E-state index is -0.107. The molecule has 42 heavy (non-hydrogen) atoms. The molecule has 0 amide bonds. The Bertz CT molecular complexity index is 802. The summed E-state index contributed by atoms with van der Waals surface area (Å²) in [4.78, 5) is 0. The van der Waals surface area contributed by atoms with Gasteiger partial charge in [0.05, 0.1) is 6.10 Å². The SMILES string of the molecule is C=CC(CCCC(C)CCCCC(C)/C=C/CC(C)/C=C/C1C(C)CCCC1(C)C)CCC1C(C)C(O)CCC1(C)C. The predicted molar refractivity (Wildman–Crippen MR) is 188 cm³/mol. The highest BCUT2D eigenvalue weighted by atomic mass is 16.3. The van der Waals surface area contributed by atoms with Crippen molar-refractivity contribution in [2.24, 2.45) is 58.2 Å². The molecule has 0 radical (unpaired) electrons. The van der Waals surface area contributed by atoms with E-state index in [1.54, 1.807) is 0 Å². The van der Waals surface area contributed by atoms with Gasteiger partial charge >= 0.3 is 0 Å². The third kappa shape index (κ3) is 12.7. The average Bonchev–Trinajstić information content (AvgIpc) is 2.91. The molecule has 1 heteroatoms. The minimum absolute atomic E-state index is 0.107. The maximum atomic E-state index is 10.4. The van der Waals surface area contributed by atoms with Crippen LogP contribution in [0.15, 0.2) is 37.0 Å². The number of aliphatic hydroxyl groups excluding tert-OH is 1. The van der Waals surface area contributed by atoms with Gasteiger partial charge in [0.25, 0.3) is 0 Å². The smallest absolute Gasteiger partial charge is 0.0568 e. The summed E-state index contributed by atoms with van der Waals surface area (Å²) in [7, 11) is 0. The van der Waals surface area contributed by atoms with Crippen LogP contribution in [-0.2, 0) is 0 Å². The second-order valence-electron chi connectivity index (χ2n) is 16.8. The minimum Gasteiger partial charge on any atom is -0.393 e. The largest absolute Gasteiger partial charge is 0.393 e. The number of hydrogen-bond acceptors (Lipinski definition) is 1. The topological polar surface area (TPSA) is 20.2 Å². The quantitative estimate of drug-likeness (QED) is 0.126. The van der Waals surface area contributed by atoms with Gasteiger partial charge in [-0.3, -0.25) is 0 Å². The van der Waals surface area contributed by atoms with E-state index in [9.17, 15) is 5.11 Å². The van der Waals surface area contributed by atoms with E-state index < -0.39 is 0 Å². The van der Waals surface area contributed by atoms with Crippen molar-refractivity contribution in [1.29, 1.82) is 0 Å². The summed E-state index contributed by atoms with van der Waals surface area (Å²) in [6, 6.07) is 0. The van der Waals surface area contributed by atoms with E-state index in [1.165, 1.54) is 83.5 Å². The van der Waals surface area contributed by atoms with Crippen molar-refractivity contribution < 1.29 is 5.11 Å². The van der Waals surface area contributed by atoms with E-state index in [2.05, 4.69) is 99.3 Å². The molecule has 0 aromatic carbocycles. The summed E-state index contributed by atoms with van der Waals surface area (Å²) in [5.74, 6) is 5.40. The highest BCUT2D eigenvalue weighted by Gasteiger charge is 2.40. The Morgan fingerprint density at radius 3 is 2.19 bits per heavy atom. The zero-order valence-corrected chi connectivity index (χ0v) is 29.8. The monoisotopic (exact) mass is 583 g/mol. The Morgan fingerprint density at radius 1 is 0.810 bits per heavy atom. The second kappa shape index (κ2) is 18.2. The summed E-state index contributed by atoms with van der Waals surface area (Å²) in [6.45, 7) is 25.9. The summed E-state index contributed by atoms with van der Waals surface area (Å²) in [5.41, 5.74) is 0.813. The molecule has 0 aliphatic heterocycles. The van der Waals surface area contributed by atoms with Crippen molar-refractivity contribution in [1.82, 2.24) is 0 Å². The standard InChI is InChI=1S/C41H74O/c1-11-36(25-27-38-35(6)39(42)28-30-41(38,9)10)23-15-21-32(3)18-13-12-17-31(2)19-14-20-33(4)24-26-37-34(5)22-16-29-40(37,7)8/h11,14,19,24,26,31-39,42H,1,12-13,15-18,20-23,25,27-30H2,2-10H3/b19-14+,26-24+. The molecule has 0 aromatic rings. The second-order valence-corrected chi connectivity index (χ2v) is 16.8. The van der Waals surface area contributed by atoms with E-state index in [0.717, 1.165) is 30.6 Å². The van der Waals surface area contributed by atoms with Crippen LogP contribution < -0.4 is 0 Å². The lowest BCUT2D eigenvalue weighted by Gasteiger charge is -2.46. The van der Waals surface area contributed by atoms with Crippen molar-refractivity contribution in [3.8, 4) is 0 Å². The molecule has 2 rings (SSSR count). The first kappa shape index (κ1) is 37.4. The lowest BCUT2D eigenvalue weighted by atomic mass is 9.61. The van der Waals surface area contributed by atoms with E-state index in [1.807, 2.05) is 0 Å². The molecule has 2 fully saturated rings. The molecule has 1 N–H and O–H groups in total. The maximum absolute atomic E-state index is 10.4. The number of unbranched alkanes of at least 4 members (excludes halogenated alkanes) is 1. The third-order valence-corrected chi connectivity index (χ3v) is 12.0. The summed E-state index contributed by atoms with van der Waals surface area (Å²) >= 11 is 0. The van der Waals surface area contributed by atoms with Crippen molar-refractivity contribution >= 4 is 0 Å². The first-order chi connectivity index (χ1) is 19.8. The first-order valence-electron chi connectivity index (χ1n) is 18.4. The number of allylic oxidation sites excluding steroid dienone is 5. The molecular weight excluding hydrogens is 508 g/mol. The highest BCUT2D eigenvalue weighted by molar-refractivity contribution is 5.02. The van der Waals surface area contributed by atoms with Crippen LogP contribution in [0.1, 0.15) is 159 Å². The number of rotatable bonds is 18. The van der Waals surface area contributed by atoms with Crippen LogP contribution >= 0.6 is 0 Å². The van der Waals surface area contributed by atoms with Crippen LogP contribution in [-0.4, -0.2) is 11.2 Å². The Kier molecular flexibility index (Phi) is 16.2. The summed E-state index contributed by atoms with van der Waals surface area (Å²) < 4.78 is 0. The summed E-state index contributed by atoms with van der Waals surface area (Å²) in [5, 5.41) is 10.4. The Labute approximate surface area is 264 Å². The molecule has 0 saturated heterocycles. The van der Waals surface area contributed by atoms with Crippen LogP contribution in [0.5, 0.6) is 0 Å². The third-order valence-electron chi connectivity index (χ3n) is 12.0. The van der Waals surface area contributed by atoms with E-state index in [-0.39, 0.29) is 6.10 Å². The van der Waals surface area contributed by atoms with E-state index >= 15 is 0 Å². The lowest BCUT2D eigenvalue weighted by molar-refractivity contribution is -0.0302. The molecule has 0 spiro atoms.